The van der Waals surface area contributed by atoms with Crippen LogP contribution in [-0.4, -0.2) is 72.2 Å². The van der Waals surface area contributed by atoms with Gasteiger partial charge in [-0.2, -0.15) is 4.98 Å². The van der Waals surface area contributed by atoms with E-state index in [9.17, 15) is 0 Å². The van der Waals surface area contributed by atoms with Crippen LogP contribution in [0.15, 0.2) is 54.3 Å². The molecule has 220 valence electrons. The summed E-state index contributed by atoms with van der Waals surface area (Å²) in [7, 11) is 7.92. The fourth-order valence-corrected chi connectivity index (χ4v) is 6.03. The van der Waals surface area contributed by atoms with Crippen molar-refractivity contribution >= 4 is 57.9 Å². The molecule has 4 aromatic rings. The number of aromatic nitrogens is 4. The first kappa shape index (κ1) is 29.6. The zero-order valence-electron chi connectivity index (χ0n) is 24.9. The quantitative estimate of drug-likeness (QED) is 0.184. The number of rotatable bonds is 11. The molecule has 0 aliphatic carbocycles. The summed E-state index contributed by atoms with van der Waals surface area (Å²) in [6.45, 7) is 8.21. The molecule has 0 amide bonds. The molecule has 1 fully saturated rings. The van der Waals surface area contributed by atoms with E-state index in [1.807, 2.05) is 19.2 Å². The molecule has 2 aromatic carbocycles. The number of piperidine rings is 1. The molecule has 11 heteroatoms. The van der Waals surface area contributed by atoms with E-state index in [1.54, 1.807) is 31.8 Å². The van der Waals surface area contributed by atoms with Gasteiger partial charge in [-0.1, -0.05) is 19.6 Å². The second-order valence-electron chi connectivity index (χ2n) is 10.3. The van der Waals surface area contributed by atoms with Gasteiger partial charge in [-0.25, -0.2) is 4.98 Å². The third-order valence-corrected chi connectivity index (χ3v) is 8.47. The standard InChI is InChI=1S/C31H39N9OS/c1-7-20-17-25(27(41-6)18-26(20)40-15-11-22(12-16-40)39(4)5)37-31-35-19-21(8-2)30(38-31)36-24-10-9-23-28(29(24)42-32-3)34-14-13-33-23/h8-10,13-14,17-19,22,32H,2,7,11-12,15-16H2,1,3-6H3,(H2,35,36,37,38). The first-order valence-electron chi connectivity index (χ1n) is 14.2. The Bertz CT molecular complexity index is 1550. The van der Waals surface area contributed by atoms with Crippen LogP contribution in [0.1, 0.15) is 30.9 Å². The predicted molar refractivity (Wildman–Crippen MR) is 174 cm³/mol. The van der Waals surface area contributed by atoms with Gasteiger partial charge in [-0.3, -0.25) is 14.7 Å². The van der Waals surface area contributed by atoms with Crippen LogP contribution >= 0.6 is 11.9 Å². The van der Waals surface area contributed by atoms with Crippen molar-refractivity contribution < 1.29 is 4.74 Å². The lowest BCUT2D eigenvalue weighted by molar-refractivity contribution is 0.249. The highest BCUT2D eigenvalue weighted by molar-refractivity contribution is 7.97. The van der Waals surface area contributed by atoms with Crippen LogP contribution in [0.2, 0.25) is 0 Å². The van der Waals surface area contributed by atoms with Crippen LogP contribution in [0.25, 0.3) is 17.1 Å². The average Bonchev–Trinajstić information content (AvgIpc) is 3.02. The molecule has 5 rings (SSSR count). The van der Waals surface area contributed by atoms with Gasteiger partial charge in [-0.05, 0) is 76.1 Å². The minimum Gasteiger partial charge on any atom is -0.494 e. The summed E-state index contributed by atoms with van der Waals surface area (Å²) in [5.74, 6) is 1.83. The SMILES string of the molecule is C=Cc1cnc(Nc2cc(CC)c(N3CCC(N(C)C)CC3)cc2OC)nc1Nc1ccc2nccnc2c1SNC. The molecule has 2 aromatic heterocycles. The maximum Gasteiger partial charge on any atom is 0.229 e. The number of hydrogen-bond donors (Lipinski definition) is 3. The fourth-order valence-electron chi connectivity index (χ4n) is 5.35. The maximum atomic E-state index is 5.85. The van der Waals surface area contributed by atoms with Crippen LogP contribution in [0.4, 0.5) is 28.8 Å². The topological polar surface area (TPSA) is 103 Å². The Morgan fingerprint density at radius 3 is 2.57 bits per heavy atom. The Labute approximate surface area is 252 Å². The van der Waals surface area contributed by atoms with Crippen LogP contribution in [-0.2, 0) is 6.42 Å². The second kappa shape index (κ2) is 13.4. The molecule has 10 nitrogen and oxygen atoms in total. The first-order valence-corrected chi connectivity index (χ1v) is 15.0. The Balaban J connectivity index is 1.44. The lowest BCUT2D eigenvalue weighted by atomic mass is 10.0. The normalized spacial score (nSPS) is 13.9. The number of nitrogens with zero attached hydrogens (tertiary/aromatic N) is 6. The van der Waals surface area contributed by atoms with E-state index in [2.05, 4.69) is 79.8 Å². The van der Waals surface area contributed by atoms with Crippen molar-refractivity contribution in [3.8, 4) is 5.75 Å². The van der Waals surface area contributed by atoms with Crippen LogP contribution in [0.3, 0.4) is 0 Å². The number of ether oxygens (including phenoxy) is 1. The largest absolute Gasteiger partial charge is 0.494 e. The average molecular weight is 586 g/mol. The zero-order chi connectivity index (χ0) is 29.6. The summed E-state index contributed by atoms with van der Waals surface area (Å²) in [4.78, 5) is 24.2. The minimum atomic E-state index is 0.450. The molecule has 0 bridgehead atoms. The van der Waals surface area contributed by atoms with Gasteiger partial charge in [-0.15, -0.1) is 0 Å². The van der Waals surface area contributed by atoms with Gasteiger partial charge in [0, 0.05) is 55.0 Å². The van der Waals surface area contributed by atoms with Gasteiger partial charge in [0.15, 0.2) is 0 Å². The molecule has 1 saturated heterocycles. The maximum absolute atomic E-state index is 5.85. The number of benzene rings is 2. The highest BCUT2D eigenvalue weighted by Crippen LogP contribution is 2.38. The number of aryl methyl sites for hydroxylation is 1. The molecule has 1 aliphatic rings. The van der Waals surface area contributed by atoms with Crippen molar-refractivity contribution in [1.82, 2.24) is 29.6 Å². The molecule has 0 spiro atoms. The summed E-state index contributed by atoms with van der Waals surface area (Å²) in [6, 6.07) is 8.86. The summed E-state index contributed by atoms with van der Waals surface area (Å²) in [5.41, 5.74) is 6.56. The van der Waals surface area contributed by atoms with E-state index in [4.69, 9.17) is 9.72 Å². The molecule has 0 radical (unpaired) electrons. The number of nitrogens with one attached hydrogen (secondary N) is 3. The van der Waals surface area contributed by atoms with E-state index in [0.717, 1.165) is 71.0 Å². The van der Waals surface area contributed by atoms with Gasteiger partial charge in [0.05, 0.1) is 28.9 Å². The Morgan fingerprint density at radius 2 is 1.88 bits per heavy atom. The predicted octanol–water partition coefficient (Wildman–Crippen LogP) is 5.88. The van der Waals surface area contributed by atoms with Crippen molar-refractivity contribution in [1.29, 1.82) is 0 Å². The van der Waals surface area contributed by atoms with Gasteiger partial charge < -0.3 is 25.2 Å². The Hall–Kier alpha value is -3.93. The van der Waals surface area contributed by atoms with Crippen LogP contribution in [0, 0.1) is 0 Å². The van der Waals surface area contributed by atoms with Gasteiger partial charge in [0.2, 0.25) is 5.95 Å². The van der Waals surface area contributed by atoms with Gasteiger partial charge in [0.25, 0.3) is 0 Å². The molecular formula is C31H39N9OS. The number of hydrogen-bond acceptors (Lipinski definition) is 11. The van der Waals surface area contributed by atoms with Crippen molar-refractivity contribution in [3.05, 3.63) is 60.6 Å². The second-order valence-corrected chi connectivity index (χ2v) is 11.4. The molecule has 0 saturated carbocycles. The van der Waals surface area contributed by atoms with E-state index in [0.29, 0.717) is 17.8 Å². The molecule has 3 heterocycles. The fraction of sp³-hybridized carbons (Fsp3) is 0.355. The van der Waals surface area contributed by atoms with E-state index in [-0.39, 0.29) is 0 Å². The molecule has 0 unspecified atom stereocenters. The van der Waals surface area contributed by atoms with Crippen molar-refractivity contribution in [2.45, 2.75) is 37.1 Å². The lowest BCUT2D eigenvalue weighted by Crippen LogP contribution is -2.42. The highest BCUT2D eigenvalue weighted by Gasteiger charge is 2.23. The number of anilines is 5. The van der Waals surface area contributed by atoms with Gasteiger partial charge >= 0.3 is 0 Å². The lowest BCUT2D eigenvalue weighted by Gasteiger charge is -2.37. The van der Waals surface area contributed by atoms with Gasteiger partial charge in [0.1, 0.15) is 17.1 Å². The Morgan fingerprint density at radius 1 is 1.10 bits per heavy atom. The Kier molecular flexibility index (Phi) is 9.41. The number of methoxy groups -OCH3 is 1. The van der Waals surface area contributed by atoms with E-state index >= 15 is 0 Å². The van der Waals surface area contributed by atoms with E-state index in [1.165, 1.54) is 23.2 Å². The third-order valence-electron chi connectivity index (χ3n) is 7.65. The first-order chi connectivity index (χ1) is 20.4. The monoisotopic (exact) mass is 585 g/mol. The smallest absolute Gasteiger partial charge is 0.229 e. The third kappa shape index (κ3) is 6.28. The molecular weight excluding hydrogens is 546 g/mol. The summed E-state index contributed by atoms with van der Waals surface area (Å²) in [6.07, 6.45) is 10.1. The molecule has 3 N–H and O–H groups in total. The molecule has 42 heavy (non-hydrogen) atoms. The number of fused-ring (bicyclic) bond motifs is 1. The molecule has 0 atom stereocenters. The molecule has 1 aliphatic heterocycles. The van der Waals surface area contributed by atoms with Crippen molar-refractivity contribution in [2.24, 2.45) is 0 Å². The summed E-state index contributed by atoms with van der Waals surface area (Å²) >= 11 is 1.47. The minimum absolute atomic E-state index is 0.450. The van der Waals surface area contributed by atoms with Crippen molar-refractivity contribution in [2.75, 3.05) is 56.9 Å². The highest BCUT2D eigenvalue weighted by atomic mass is 32.2. The zero-order valence-corrected chi connectivity index (χ0v) is 25.8. The van der Waals surface area contributed by atoms with Crippen molar-refractivity contribution in [3.63, 3.8) is 0 Å². The summed E-state index contributed by atoms with van der Waals surface area (Å²) < 4.78 is 9.01. The van der Waals surface area contributed by atoms with E-state index < -0.39 is 0 Å². The summed E-state index contributed by atoms with van der Waals surface area (Å²) in [5, 5.41) is 6.89. The van der Waals surface area contributed by atoms with Crippen LogP contribution < -0.4 is 25.0 Å². The van der Waals surface area contributed by atoms with Crippen LogP contribution in [0.5, 0.6) is 5.75 Å².